The van der Waals surface area contributed by atoms with Crippen molar-refractivity contribution in [1.82, 2.24) is 14.5 Å². The van der Waals surface area contributed by atoms with Crippen LogP contribution in [-0.2, 0) is 12.8 Å². The van der Waals surface area contributed by atoms with Crippen LogP contribution in [0.5, 0.6) is 0 Å². The standard InChI is InChI=1S/C18H23N3OS/c1-13-4-5-16-14(9-13)10-17(23-16)18(22)20-7-2-3-15(11-20)21-8-6-19-12-21/h6,8,10,12-13,15H,2-5,7,9,11H2,1H3/t13-,15+/m0/s1. The number of hydrogen-bond donors (Lipinski definition) is 0. The molecule has 1 aliphatic heterocycles. The summed E-state index contributed by atoms with van der Waals surface area (Å²) in [6.07, 6.45) is 11.4. The van der Waals surface area contributed by atoms with E-state index in [9.17, 15) is 4.79 Å². The van der Waals surface area contributed by atoms with E-state index < -0.39 is 0 Å². The van der Waals surface area contributed by atoms with Crippen LogP contribution in [0.15, 0.2) is 24.8 Å². The van der Waals surface area contributed by atoms with Crippen molar-refractivity contribution >= 4 is 17.2 Å². The number of piperidine rings is 1. The van der Waals surface area contributed by atoms with Gasteiger partial charge in [0.05, 0.1) is 17.2 Å². The van der Waals surface area contributed by atoms with Gasteiger partial charge in [0.15, 0.2) is 0 Å². The first-order valence-corrected chi connectivity index (χ1v) is 9.40. The van der Waals surface area contributed by atoms with Crippen LogP contribution >= 0.6 is 11.3 Å². The number of aromatic nitrogens is 2. The molecule has 1 fully saturated rings. The van der Waals surface area contributed by atoms with E-state index in [-0.39, 0.29) is 5.91 Å². The summed E-state index contributed by atoms with van der Waals surface area (Å²) in [6, 6.07) is 2.53. The maximum absolute atomic E-state index is 12.9. The molecule has 1 aliphatic carbocycles. The van der Waals surface area contributed by atoms with E-state index in [1.54, 1.807) is 11.3 Å². The molecular weight excluding hydrogens is 306 g/mol. The fourth-order valence-corrected chi connectivity index (χ4v) is 5.01. The smallest absolute Gasteiger partial charge is 0.264 e. The van der Waals surface area contributed by atoms with E-state index in [1.165, 1.54) is 16.9 Å². The number of imidazole rings is 1. The Hall–Kier alpha value is -1.62. The van der Waals surface area contributed by atoms with Crippen molar-refractivity contribution in [2.24, 2.45) is 5.92 Å². The van der Waals surface area contributed by atoms with Gasteiger partial charge in [-0.15, -0.1) is 11.3 Å². The SMILES string of the molecule is C[C@H]1CCc2sc(C(=O)N3CCC[C@@H](n4ccnc4)C3)cc2C1. The van der Waals surface area contributed by atoms with Gasteiger partial charge in [0.1, 0.15) is 0 Å². The van der Waals surface area contributed by atoms with Crippen LogP contribution in [-0.4, -0.2) is 33.4 Å². The average Bonchev–Trinajstić information content (AvgIpc) is 3.23. The highest BCUT2D eigenvalue weighted by atomic mass is 32.1. The summed E-state index contributed by atoms with van der Waals surface area (Å²) in [5.41, 5.74) is 1.42. The predicted octanol–water partition coefficient (Wildman–Crippen LogP) is 3.55. The summed E-state index contributed by atoms with van der Waals surface area (Å²) in [4.78, 5) is 21.5. The third-order valence-corrected chi connectivity index (χ3v) is 6.40. The zero-order valence-electron chi connectivity index (χ0n) is 13.6. The van der Waals surface area contributed by atoms with Crippen LogP contribution in [0, 0.1) is 5.92 Å². The lowest BCUT2D eigenvalue weighted by atomic mass is 9.90. The molecule has 0 aromatic carbocycles. The number of rotatable bonds is 2. The second-order valence-electron chi connectivity index (χ2n) is 6.96. The fraction of sp³-hybridized carbons (Fsp3) is 0.556. The van der Waals surface area contributed by atoms with Gasteiger partial charge in [-0.25, -0.2) is 4.98 Å². The molecule has 5 heteroatoms. The molecule has 122 valence electrons. The van der Waals surface area contributed by atoms with Crippen molar-refractivity contribution in [2.75, 3.05) is 13.1 Å². The van der Waals surface area contributed by atoms with Gasteiger partial charge in [0.2, 0.25) is 0 Å². The van der Waals surface area contributed by atoms with Gasteiger partial charge in [-0.05, 0) is 49.7 Å². The number of carbonyl (C=O) groups excluding carboxylic acids is 1. The van der Waals surface area contributed by atoms with Crippen molar-refractivity contribution in [2.45, 2.75) is 45.1 Å². The number of amides is 1. The van der Waals surface area contributed by atoms with Gasteiger partial charge in [0.25, 0.3) is 5.91 Å². The van der Waals surface area contributed by atoms with E-state index in [4.69, 9.17) is 0 Å². The lowest BCUT2D eigenvalue weighted by molar-refractivity contribution is 0.0684. The lowest BCUT2D eigenvalue weighted by Crippen LogP contribution is -2.40. The first kappa shape index (κ1) is 14.9. The number of thiophene rings is 1. The Morgan fingerprint density at radius 1 is 1.39 bits per heavy atom. The number of hydrogen-bond acceptors (Lipinski definition) is 3. The van der Waals surface area contributed by atoms with Gasteiger partial charge >= 0.3 is 0 Å². The second-order valence-corrected chi connectivity index (χ2v) is 8.10. The van der Waals surface area contributed by atoms with Crippen LogP contribution in [0.25, 0.3) is 0 Å². The van der Waals surface area contributed by atoms with E-state index in [0.717, 1.165) is 49.6 Å². The summed E-state index contributed by atoms with van der Waals surface area (Å²) >= 11 is 1.73. The van der Waals surface area contributed by atoms with Gasteiger partial charge in [0, 0.05) is 30.4 Å². The zero-order chi connectivity index (χ0) is 15.8. The van der Waals surface area contributed by atoms with Crippen molar-refractivity contribution in [3.05, 3.63) is 40.1 Å². The molecule has 0 unspecified atom stereocenters. The first-order valence-electron chi connectivity index (χ1n) is 8.59. The quantitative estimate of drug-likeness (QED) is 0.845. The highest BCUT2D eigenvalue weighted by Gasteiger charge is 2.28. The Labute approximate surface area is 141 Å². The van der Waals surface area contributed by atoms with Crippen LogP contribution in [0.3, 0.4) is 0 Å². The van der Waals surface area contributed by atoms with Crippen LogP contribution in [0.4, 0.5) is 0 Å². The normalized spacial score (nSPS) is 24.5. The highest BCUT2D eigenvalue weighted by molar-refractivity contribution is 7.14. The molecule has 2 atom stereocenters. The van der Waals surface area contributed by atoms with Crippen LogP contribution < -0.4 is 0 Å². The Balaban J connectivity index is 1.50. The van der Waals surface area contributed by atoms with E-state index in [0.29, 0.717) is 6.04 Å². The van der Waals surface area contributed by atoms with E-state index in [1.807, 2.05) is 23.6 Å². The maximum atomic E-state index is 12.9. The molecule has 1 amide bonds. The van der Waals surface area contributed by atoms with Gasteiger partial charge < -0.3 is 9.47 Å². The van der Waals surface area contributed by atoms with E-state index >= 15 is 0 Å². The molecule has 2 aromatic rings. The van der Waals surface area contributed by atoms with Gasteiger partial charge in [-0.3, -0.25) is 4.79 Å². The lowest BCUT2D eigenvalue weighted by Gasteiger charge is -2.33. The summed E-state index contributed by atoms with van der Waals surface area (Å²) in [7, 11) is 0. The summed E-state index contributed by atoms with van der Waals surface area (Å²) in [5, 5.41) is 0. The number of likely N-dealkylation sites (tertiary alicyclic amines) is 1. The third-order valence-electron chi connectivity index (χ3n) is 5.17. The molecule has 2 aromatic heterocycles. The minimum Gasteiger partial charge on any atom is -0.336 e. The maximum Gasteiger partial charge on any atom is 0.264 e. The molecule has 23 heavy (non-hydrogen) atoms. The molecule has 0 spiro atoms. The number of carbonyl (C=O) groups is 1. The third kappa shape index (κ3) is 2.94. The van der Waals surface area contributed by atoms with Crippen LogP contribution in [0.1, 0.15) is 52.3 Å². The first-order chi connectivity index (χ1) is 11.2. The minimum atomic E-state index is 0.224. The average molecular weight is 329 g/mol. The van der Waals surface area contributed by atoms with Gasteiger partial charge in [-0.1, -0.05) is 6.92 Å². The molecule has 4 rings (SSSR count). The molecule has 0 N–H and O–H groups in total. The van der Waals surface area contributed by atoms with Gasteiger partial charge in [-0.2, -0.15) is 0 Å². The fourth-order valence-electron chi connectivity index (χ4n) is 3.84. The monoisotopic (exact) mass is 329 g/mol. The molecule has 3 heterocycles. The molecule has 2 aliphatic rings. The van der Waals surface area contributed by atoms with Crippen molar-refractivity contribution < 1.29 is 4.79 Å². The topological polar surface area (TPSA) is 38.1 Å². The van der Waals surface area contributed by atoms with Crippen molar-refractivity contribution in [3.63, 3.8) is 0 Å². The molecule has 0 saturated carbocycles. The second kappa shape index (κ2) is 6.11. The Morgan fingerprint density at radius 2 is 2.30 bits per heavy atom. The Bertz CT molecular complexity index is 691. The molecule has 1 saturated heterocycles. The number of nitrogens with zero attached hydrogens (tertiary/aromatic N) is 3. The number of fused-ring (bicyclic) bond motifs is 1. The van der Waals surface area contributed by atoms with Crippen molar-refractivity contribution in [1.29, 1.82) is 0 Å². The van der Waals surface area contributed by atoms with Crippen LogP contribution in [0.2, 0.25) is 0 Å². The molecule has 4 nitrogen and oxygen atoms in total. The van der Waals surface area contributed by atoms with E-state index in [2.05, 4.69) is 22.5 Å². The largest absolute Gasteiger partial charge is 0.336 e. The predicted molar refractivity (Wildman–Crippen MR) is 91.9 cm³/mol. The Kier molecular flexibility index (Phi) is 3.97. The summed E-state index contributed by atoms with van der Waals surface area (Å²) in [5.74, 6) is 0.975. The summed E-state index contributed by atoms with van der Waals surface area (Å²) < 4.78 is 2.14. The highest BCUT2D eigenvalue weighted by Crippen LogP contribution is 2.33. The molecular formula is C18H23N3OS. The number of aryl methyl sites for hydroxylation is 1. The minimum absolute atomic E-state index is 0.224. The van der Waals surface area contributed by atoms with Crippen molar-refractivity contribution in [3.8, 4) is 0 Å². The zero-order valence-corrected chi connectivity index (χ0v) is 14.4. The Morgan fingerprint density at radius 3 is 3.13 bits per heavy atom. The summed E-state index contributed by atoms with van der Waals surface area (Å²) in [6.45, 7) is 3.99. The molecule has 0 radical (unpaired) electrons. The molecule has 0 bridgehead atoms.